The molecule has 0 fully saturated rings. The van der Waals surface area contributed by atoms with Crippen LogP contribution in [0.2, 0.25) is 0 Å². The lowest BCUT2D eigenvalue weighted by atomic mass is 9.98. The van der Waals surface area contributed by atoms with Crippen LogP contribution in [0, 0.1) is 11.8 Å². The van der Waals surface area contributed by atoms with Crippen LogP contribution >= 0.6 is 0 Å². The number of carboxylic acids is 2. The Labute approximate surface area is 331 Å². The zero-order valence-electron chi connectivity index (χ0n) is 33.2. The number of aliphatic hydroxyl groups excluding tert-OH is 3. The fraction of sp³-hybridized carbons (Fsp3) is 0.622. The van der Waals surface area contributed by atoms with E-state index in [1.165, 1.54) is 20.8 Å². The molecule has 0 saturated carbocycles. The standard InChI is InChI=1S/C37H59N7O13/c1-8-18(4)28(37(56)57)42-36(55)30(21(7)47)44-32(51)23(14-17(2)3)41-35(54)29(20(6)46)43-33(52)24(15-22-12-10-9-11-13-22)39-31(50)25(16-26(48)49)40-34(53)27(38)19(5)45/h9-13,17-21,23-25,27-30,45-47H,8,14-16,38H2,1-7H3,(H,39,50)(H,40,53)(H,41,54)(H,42,55)(H,43,52)(H,44,51)(H,48,49)(H,56,57)/t18-,19+,20-,21-,23?,24?,25?,27?,28?,29-,30?/m0/s1. The quantitative estimate of drug-likeness (QED) is 0.0504. The molecule has 1 rings (SSSR count). The summed E-state index contributed by atoms with van der Waals surface area (Å²) in [5, 5.41) is 63.8. The molecular formula is C37H59N7O13. The van der Waals surface area contributed by atoms with Crippen LogP contribution in [0.25, 0.3) is 0 Å². The van der Waals surface area contributed by atoms with Gasteiger partial charge in [-0.15, -0.1) is 0 Å². The number of carbonyl (C=O) groups is 8. The van der Waals surface area contributed by atoms with Gasteiger partial charge in [0, 0.05) is 6.42 Å². The number of nitrogens with one attached hydrogen (secondary N) is 6. The van der Waals surface area contributed by atoms with Crippen molar-refractivity contribution in [2.75, 3.05) is 0 Å². The highest BCUT2D eigenvalue weighted by molar-refractivity contribution is 5.98. The smallest absolute Gasteiger partial charge is 0.326 e. The Hall–Kier alpha value is -5.18. The predicted octanol–water partition coefficient (Wildman–Crippen LogP) is -2.74. The maximum Gasteiger partial charge on any atom is 0.326 e. The summed E-state index contributed by atoms with van der Waals surface area (Å²) in [6.45, 7) is 10.3. The molecule has 13 N–H and O–H groups in total. The van der Waals surface area contributed by atoms with Crippen molar-refractivity contribution in [2.24, 2.45) is 17.6 Å². The van der Waals surface area contributed by atoms with Gasteiger partial charge in [-0.1, -0.05) is 64.4 Å². The molecule has 1 aromatic rings. The minimum absolute atomic E-state index is 0.0289. The van der Waals surface area contributed by atoms with Gasteiger partial charge in [0.05, 0.1) is 24.7 Å². The number of aliphatic hydroxyl groups is 3. The zero-order chi connectivity index (χ0) is 43.7. The van der Waals surface area contributed by atoms with Crippen molar-refractivity contribution in [1.82, 2.24) is 31.9 Å². The molecule has 57 heavy (non-hydrogen) atoms. The summed E-state index contributed by atoms with van der Waals surface area (Å²) < 4.78 is 0. The number of rotatable bonds is 24. The van der Waals surface area contributed by atoms with Crippen LogP contribution < -0.4 is 37.6 Å². The number of carboxylic acid groups (broad SMARTS) is 2. The average Bonchev–Trinajstić information content (AvgIpc) is 3.12. The van der Waals surface area contributed by atoms with Crippen molar-refractivity contribution in [3.05, 3.63) is 35.9 Å². The Balaban J connectivity index is 3.39. The number of amides is 6. The van der Waals surface area contributed by atoms with Gasteiger partial charge in [-0.05, 0) is 44.6 Å². The van der Waals surface area contributed by atoms with Gasteiger partial charge in [0.1, 0.15) is 42.3 Å². The van der Waals surface area contributed by atoms with Crippen LogP contribution in [0.1, 0.15) is 73.3 Å². The van der Waals surface area contributed by atoms with Crippen LogP contribution in [-0.2, 0) is 44.8 Å². The van der Waals surface area contributed by atoms with Gasteiger partial charge < -0.3 is 63.2 Å². The minimum atomic E-state index is -1.75. The number of nitrogens with two attached hydrogens (primary N) is 1. The molecule has 11 atom stereocenters. The van der Waals surface area contributed by atoms with E-state index in [1.54, 1.807) is 58.0 Å². The molecule has 0 spiro atoms. The molecule has 1 aromatic carbocycles. The van der Waals surface area contributed by atoms with Crippen molar-refractivity contribution in [3.63, 3.8) is 0 Å². The van der Waals surface area contributed by atoms with Crippen molar-refractivity contribution in [3.8, 4) is 0 Å². The van der Waals surface area contributed by atoms with E-state index in [4.69, 9.17) is 5.73 Å². The molecule has 0 aliphatic carbocycles. The third kappa shape index (κ3) is 16.8. The van der Waals surface area contributed by atoms with Crippen LogP contribution in [0.5, 0.6) is 0 Å². The Morgan fingerprint density at radius 2 is 1.02 bits per heavy atom. The maximum atomic E-state index is 13.8. The molecule has 6 unspecified atom stereocenters. The lowest BCUT2D eigenvalue weighted by molar-refractivity contribution is -0.144. The van der Waals surface area contributed by atoms with E-state index in [-0.39, 0.29) is 18.8 Å². The van der Waals surface area contributed by atoms with Crippen LogP contribution in [-0.4, -0.2) is 134 Å². The van der Waals surface area contributed by atoms with E-state index in [1.807, 2.05) is 0 Å². The number of aliphatic carboxylic acids is 2. The molecule has 0 aliphatic heterocycles. The number of hydrogen-bond donors (Lipinski definition) is 12. The molecule has 0 bridgehead atoms. The first-order valence-corrected chi connectivity index (χ1v) is 18.6. The summed E-state index contributed by atoms with van der Waals surface area (Å²) in [5.74, 6) is -9.75. The van der Waals surface area contributed by atoms with Gasteiger partial charge in [0.25, 0.3) is 0 Å². The van der Waals surface area contributed by atoms with Crippen molar-refractivity contribution < 1.29 is 63.9 Å². The number of benzene rings is 1. The number of carbonyl (C=O) groups excluding carboxylic acids is 6. The minimum Gasteiger partial charge on any atom is -0.481 e. The van der Waals surface area contributed by atoms with E-state index in [0.717, 1.165) is 0 Å². The second kappa shape index (κ2) is 23.8. The summed E-state index contributed by atoms with van der Waals surface area (Å²) in [7, 11) is 0. The van der Waals surface area contributed by atoms with Gasteiger partial charge in [0.15, 0.2) is 0 Å². The largest absolute Gasteiger partial charge is 0.481 e. The molecule has 0 aliphatic rings. The first-order valence-electron chi connectivity index (χ1n) is 18.6. The molecule has 0 aromatic heterocycles. The van der Waals surface area contributed by atoms with Crippen molar-refractivity contribution in [1.29, 1.82) is 0 Å². The lowest BCUT2D eigenvalue weighted by Crippen LogP contribution is -2.63. The van der Waals surface area contributed by atoms with Gasteiger partial charge in [-0.3, -0.25) is 33.6 Å². The van der Waals surface area contributed by atoms with E-state index in [9.17, 15) is 63.9 Å². The second-order valence-corrected chi connectivity index (χ2v) is 14.5. The highest BCUT2D eigenvalue weighted by Gasteiger charge is 2.37. The average molecular weight is 810 g/mol. The fourth-order valence-corrected chi connectivity index (χ4v) is 5.41. The SMILES string of the molecule is CC[C@H](C)C(NC(=O)C(NC(=O)C(CC(C)C)NC(=O)[C@@H](NC(=O)C(Cc1ccccc1)NC(=O)C(CC(=O)O)NC(=O)C(N)[C@@H](C)O)[C@H](C)O)[C@H](C)O)C(=O)O. The van der Waals surface area contributed by atoms with Gasteiger partial charge in [0.2, 0.25) is 35.4 Å². The van der Waals surface area contributed by atoms with E-state index in [0.29, 0.717) is 12.0 Å². The summed E-state index contributed by atoms with van der Waals surface area (Å²) in [6, 6.07) is -2.71. The fourth-order valence-electron chi connectivity index (χ4n) is 5.41. The normalized spacial score (nSPS) is 17.1. The summed E-state index contributed by atoms with van der Waals surface area (Å²) in [4.78, 5) is 103. The first-order chi connectivity index (χ1) is 26.5. The van der Waals surface area contributed by atoms with Crippen LogP contribution in [0.15, 0.2) is 30.3 Å². The molecule has 20 nitrogen and oxygen atoms in total. The van der Waals surface area contributed by atoms with Crippen LogP contribution in [0.3, 0.4) is 0 Å². The molecule has 0 heterocycles. The van der Waals surface area contributed by atoms with Gasteiger partial charge in [-0.2, -0.15) is 0 Å². The number of hydrogen-bond acceptors (Lipinski definition) is 12. The highest BCUT2D eigenvalue weighted by atomic mass is 16.4. The summed E-state index contributed by atoms with van der Waals surface area (Å²) in [5.41, 5.74) is 6.14. The Morgan fingerprint density at radius 3 is 1.46 bits per heavy atom. The third-order valence-electron chi connectivity index (χ3n) is 8.99. The lowest BCUT2D eigenvalue weighted by Gasteiger charge is -2.29. The summed E-state index contributed by atoms with van der Waals surface area (Å²) >= 11 is 0. The molecule has 0 saturated heterocycles. The first kappa shape index (κ1) is 49.8. The van der Waals surface area contributed by atoms with E-state index < -0.39 is 120 Å². The van der Waals surface area contributed by atoms with Crippen molar-refractivity contribution >= 4 is 47.4 Å². The zero-order valence-corrected chi connectivity index (χ0v) is 33.2. The predicted molar refractivity (Wildman–Crippen MR) is 204 cm³/mol. The summed E-state index contributed by atoms with van der Waals surface area (Å²) in [6.07, 6.45) is -5.24. The molecule has 6 amide bonds. The monoisotopic (exact) mass is 809 g/mol. The highest BCUT2D eigenvalue weighted by Crippen LogP contribution is 2.12. The van der Waals surface area contributed by atoms with Crippen molar-refractivity contribution in [2.45, 2.75) is 135 Å². The Bertz CT molecular complexity index is 1540. The van der Waals surface area contributed by atoms with Crippen LogP contribution in [0.4, 0.5) is 0 Å². The van der Waals surface area contributed by atoms with E-state index >= 15 is 0 Å². The molecular weight excluding hydrogens is 750 g/mol. The molecule has 0 radical (unpaired) electrons. The van der Waals surface area contributed by atoms with Gasteiger partial charge in [-0.25, -0.2) is 4.79 Å². The maximum absolute atomic E-state index is 13.8. The molecule has 320 valence electrons. The third-order valence-corrected chi connectivity index (χ3v) is 8.99. The Morgan fingerprint density at radius 1 is 0.579 bits per heavy atom. The Kier molecular flexibility index (Phi) is 20.8. The second-order valence-electron chi connectivity index (χ2n) is 14.5. The van der Waals surface area contributed by atoms with Gasteiger partial charge >= 0.3 is 11.9 Å². The topological polar surface area (TPSA) is 336 Å². The van der Waals surface area contributed by atoms with E-state index in [2.05, 4.69) is 31.9 Å². The molecule has 20 heteroatoms.